The van der Waals surface area contributed by atoms with E-state index in [9.17, 15) is 0 Å². The third-order valence-electron chi connectivity index (χ3n) is 1.28. The zero-order valence-corrected chi connectivity index (χ0v) is 6.16. The van der Waals surface area contributed by atoms with Crippen molar-refractivity contribution in [3.8, 4) is 18.1 Å². The van der Waals surface area contributed by atoms with Gasteiger partial charge in [-0.1, -0.05) is 0 Å². The molecule has 1 heterocycles. The minimum Gasteiger partial charge on any atom is -0.492 e. The van der Waals surface area contributed by atoms with Crippen LogP contribution in [-0.2, 0) is 0 Å². The van der Waals surface area contributed by atoms with Crippen LogP contribution in [0.3, 0.4) is 0 Å². The number of ether oxygens (including phenoxy) is 1. The molecule has 0 aliphatic carbocycles. The quantitative estimate of drug-likeness (QED) is 0.595. The van der Waals surface area contributed by atoms with Gasteiger partial charge in [-0.25, -0.2) is 4.98 Å². The number of methoxy groups -OCH3 is 1. The Labute approximate surface area is 65.2 Å². The van der Waals surface area contributed by atoms with Crippen molar-refractivity contribution in [1.29, 1.82) is 0 Å². The molecular weight excluding hydrogens is 140 g/mol. The monoisotopic (exact) mass is 148 g/mol. The number of hydrogen-bond acceptors (Lipinski definition) is 3. The van der Waals surface area contributed by atoms with E-state index in [0.717, 1.165) is 0 Å². The molecule has 0 unspecified atom stereocenters. The van der Waals surface area contributed by atoms with Crippen LogP contribution in [-0.4, -0.2) is 12.1 Å². The third-order valence-corrected chi connectivity index (χ3v) is 1.28. The molecule has 0 saturated carbocycles. The van der Waals surface area contributed by atoms with Crippen LogP contribution in [0, 0.1) is 12.3 Å². The number of nitrogens with zero attached hydrogens (tertiary/aromatic N) is 1. The first-order valence-corrected chi connectivity index (χ1v) is 3.04. The van der Waals surface area contributed by atoms with Crippen LogP contribution in [0.2, 0.25) is 0 Å². The Morgan fingerprint density at radius 2 is 2.45 bits per heavy atom. The predicted molar refractivity (Wildman–Crippen MR) is 43.1 cm³/mol. The molecule has 0 radical (unpaired) electrons. The van der Waals surface area contributed by atoms with E-state index in [-0.39, 0.29) is 0 Å². The average molecular weight is 148 g/mol. The van der Waals surface area contributed by atoms with Gasteiger partial charge in [0.05, 0.1) is 12.8 Å². The normalized spacial score (nSPS) is 8.73. The maximum Gasteiger partial charge on any atom is 0.175 e. The Morgan fingerprint density at radius 1 is 1.73 bits per heavy atom. The summed E-state index contributed by atoms with van der Waals surface area (Å²) in [5, 5.41) is 0. The lowest BCUT2D eigenvalue weighted by atomic mass is 10.3. The predicted octanol–water partition coefficient (Wildman–Crippen LogP) is 0.654. The molecule has 1 aromatic heterocycles. The zero-order valence-electron chi connectivity index (χ0n) is 6.16. The molecule has 0 spiro atoms. The Bertz CT molecular complexity index is 301. The van der Waals surface area contributed by atoms with Gasteiger partial charge in [-0.3, -0.25) is 0 Å². The largest absolute Gasteiger partial charge is 0.492 e. The summed E-state index contributed by atoms with van der Waals surface area (Å²) >= 11 is 0. The Kier molecular flexibility index (Phi) is 1.98. The van der Waals surface area contributed by atoms with E-state index in [1.165, 1.54) is 7.11 Å². The molecule has 0 aromatic carbocycles. The number of hydrogen-bond donors (Lipinski definition) is 1. The SMILES string of the molecule is C#Cc1nccc(N)c1OC. The Balaban J connectivity index is 3.27. The van der Waals surface area contributed by atoms with Crippen LogP contribution in [0.4, 0.5) is 5.69 Å². The highest BCUT2D eigenvalue weighted by molar-refractivity contribution is 5.58. The molecule has 1 aromatic rings. The number of nitrogens with two attached hydrogens (primary N) is 1. The highest BCUT2D eigenvalue weighted by atomic mass is 16.5. The van der Waals surface area contributed by atoms with Gasteiger partial charge in [-0.05, 0) is 12.0 Å². The topological polar surface area (TPSA) is 48.1 Å². The number of pyridine rings is 1. The Hall–Kier alpha value is -1.69. The van der Waals surface area contributed by atoms with Crippen molar-refractivity contribution in [2.45, 2.75) is 0 Å². The van der Waals surface area contributed by atoms with E-state index in [1.54, 1.807) is 12.3 Å². The second kappa shape index (κ2) is 2.93. The summed E-state index contributed by atoms with van der Waals surface area (Å²) in [6.07, 6.45) is 6.70. The van der Waals surface area contributed by atoms with Crippen LogP contribution in [0.1, 0.15) is 5.69 Å². The molecule has 11 heavy (non-hydrogen) atoms. The van der Waals surface area contributed by atoms with Gasteiger partial charge in [0, 0.05) is 6.20 Å². The van der Waals surface area contributed by atoms with Gasteiger partial charge in [0.1, 0.15) is 0 Å². The zero-order chi connectivity index (χ0) is 8.27. The molecule has 3 heteroatoms. The molecular formula is C8H8N2O. The van der Waals surface area contributed by atoms with Crippen molar-refractivity contribution in [2.75, 3.05) is 12.8 Å². The molecule has 0 amide bonds. The first-order chi connectivity index (χ1) is 5.29. The van der Waals surface area contributed by atoms with Crippen LogP contribution in [0.5, 0.6) is 5.75 Å². The van der Waals surface area contributed by atoms with Crippen molar-refractivity contribution in [3.05, 3.63) is 18.0 Å². The average Bonchev–Trinajstić information content (AvgIpc) is 2.04. The molecule has 2 N–H and O–H groups in total. The van der Waals surface area contributed by atoms with Gasteiger partial charge < -0.3 is 10.5 Å². The summed E-state index contributed by atoms with van der Waals surface area (Å²) < 4.78 is 4.94. The maximum atomic E-state index is 5.55. The van der Waals surface area contributed by atoms with E-state index >= 15 is 0 Å². The lowest BCUT2D eigenvalue weighted by Crippen LogP contribution is -1.96. The van der Waals surface area contributed by atoms with Gasteiger partial charge in [-0.15, -0.1) is 6.42 Å². The van der Waals surface area contributed by atoms with Gasteiger partial charge in [-0.2, -0.15) is 0 Å². The minimum absolute atomic E-state index is 0.438. The minimum atomic E-state index is 0.438. The molecule has 0 atom stereocenters. The number of terminal acetylenes is 1. The smallest absolute Gasteiger partial charge is 0.175 e. The Morgan fingerprint density at radius 3 is 2.91 bits per heavy atom. The molecule has 3 nitrogen and oxygen atoms in total. The molecule has 0 bridgehead atoms. The lowest BCUT2D eigenvalue weighted by molar-refractivity contribution is 0.414. The van der Waals surface area contributed by atoms with Crippen LogP contribution in [0.15, 0.2) is 12.3 Å². The summed E-state index contributed by atoms with van der Waals surface area (Å²) in [6, 6.07) is 1.64. The van der Waals surface area contributed by atoms with E-state index < -0.39 is 0 Å². The second-order valence-electron chi connectivity index (χ2n) is 1.93. The van der Waals surface area contributed by atoms with Gasteiger partial charge >= 0.3 is 0 Å². The van der Waals surface area contributed by atoms with E-state index in [2.05, 4.69) is 10.9 Å². The fourth-order valence-corrected chi connectivity index (χ4v) is 0.780. The van der Waals surface area contributed by atoms with Crippen LogP contribution in [0.25, 0.3) is 0 Å². The third kappa shape index (κ3) is 1.24. The molecule has 0 aliphatic heterocycles. The van der Waals surface area contributed by atoms with Crippen LogP contribution >= 0.6 is 0 Å². The van der Waals surface area contributed by atoms with E-state index in [4.69, 9.17) is 16.9 Å². The summed E-state index contributed by atoms with van der Waals surface area (Å²) in [7, 11) is 1.51. The second-order valence-corrected chi connectivity index (χ2v) is 1.93. The number of nitrogen functional groups attached to an aromatic ring is 1. The van der Waals surface area contributed by atoms with Crippen LogP contribution < -0.4 is 10.5 Å². The fourth-order valence-electron chi connectivity index (χ4n) is 0.780. The van der Waals surface area contributed by atoms with Crippen molar-refractivity contribution in [1.82, 2.24) is 4.98 Å². The number of anilines is 1. The fraction of sp³-hybridized carbons (Fsp3) is 0.125. The molecule has 0 aliphatic rings. The highest BCUT2D eigenvalue weighted by Gasteiger charge is 2.03. The summed E-state index contributed by atoms with van der Waals surface area (Å²) in [5.74, 6) is 2.84. The first kappa shape index (κ1) is 7.42. The first-order valence-electron chi connectivity index (χ1n) is 3.04. The van der Waals surface area contributed by atoms with Gasteiger partial charge in [0.25, 0.3) is 0 Å². The molecule has 1 rings (SSSR count). The summed E-state index contributed by atoms with van der Waals surface area (Å²) in [6.45, 7) is 0. The maximum absolute atomic E-state index is 5.55. The van der Waals surface area contributed by atoms with Gasteiger partial charge in [0.2, 0.25) is 0 Å². The summed E-state index contributed by atoms with van der Waals surface area (Å²) in [4.78, 5) is 3.89. The van der Waals surface area contributed by atoms with Crippen molar-refractivity contribution in [2.24, 2.45) is 0 Å². The van der Waals surface area contributed by atoms with E-state index in [0.29, 0.717) is 17.1 Å². The van der Waals surface area contributed by atoms with Gasteiger partial charge in [0.15, 0.2) is 11.4 Å². The number of rotatable bonds is 1. The number of aromatic nitrogens is 1. The standard InChI is InChI=1S/C8H8N2O/c1-3-7-8(11-2)6(9)4-5-10-7/h1,4-5H,2H3,(H2,9,10). The van der Waals surface area contributed by atoms with Crippen molar-refractivity contribution < 1.29 is 4.74 Å². The van der Waals surface area contributed by atoms with Crippen molar-refractivity contribution in [3.63, 3.8) is 0 Å². The molecule has 0 fully saturated rings. The van der Waals surface area contributed by atoms with Crippen molar-refractivity contribution >= 4 is 5.69 Å². The summed E-state index contributed by atoms with van der Waals surface area (Å²) in [5.41, 5.74) is 6.49. The lowest BCUT2D eigenvalue weighted by Gasteiger charge is -2.04. The molecule has 56 valence electrons. The molecule has 0 saturated heterocycles. The van der Waals surface area contributed by atoms with E-state index in [1.807, 2.05) is 0 Å². The highest BCUT2D eigenvalue weighted by Crippen LogP contribution is 2.22.